The quantitative estimate of drug-likeness (QED) is 0.779. The van der Waals surface area contributed by atoms with Crippen molar-refractivity contribution in [1.82, 2.24) is 5.32 Å². The lowest BCUT2D eigenvalue weighted by molar-refractivity contribution is 0.0958. The Morgan fingerprint density at radius 1 is 1.12 bits per heavy atom. The van der Waals surface area contributed by atoms with Gasteiger partial charge in [-0.05, 0) is 36.4 Å². The van der Waals surface area contributed by atoms with Crippen molar-refractivity contribution in [3.8, 4) is 12.3 Å². The van der Waals surface area contributed by atoms with Crippen LogP contribution in [0.25, 0.3) is 0 Å². The summed E-state index contributed by atoms with van der Waals surface area (Å²) in [4.78, 5) is 11.8. The van der Waals surface area contributed by atoms with Crippen LogP contribution in [0.4, 0.5) is 5.69 Å². The number of benzene rings is 2. The van der Waals surface area contributed by atoms with Gasteiger partial charge in [0.2, 0.25) is 0 Å². The van der Waals surface area contributed by atoms with Crippen LogP contribution in [0.3, 0.4) is 0 Å². The van der Waals surface area contributed by atoms with Crippen molar-refractivity contribution in [2.24, 2.45) is 0 Å². The number of halogens is 2. The monoisotopic (exact) mass is 382 g/mol. The summed E-state index contributed by atoms with van der Waals surface area (Å²) in [6.45, 7) is 0.0814. The molecule has 1 amide bonds. The molecule has 0 unspecified atom stereocenters. The molecule has 0 fully saturated rings. The third-order valence-electron chi connectivity index (χ3n) is 2.93. The zero-order valence-corrected chi connectivity index (χ0v) is 14.5. The third-order valence-corrected chi connectivity index (χ3v) is 5.05. The van der Waals surface area contributed by atoms with Crippen molar-refractivity contribution in [3.05, 3.63) is 58.1 Å². The highest BCUT2D eigenvalue weighted by Crippen LogP contribution is 2.26. The van der Waals surface area contributed by atoms with E-state index in [-0.39, 0.29) is 32.7 Å². The van der Waals surface area contributed by atoms with Crippen LogP contribution in [0.1, 0.15) is 10.4 Å². The van der Waals surface area contributed by atoms with Gasteiger partial charge in [-0.2, -0.15) is 0 Å². The fourth-order valence-electron chi connectivity index (χ4n) is 1.82. The minimum absolute atomic E-state index is 0.0425. The van der Waals surface area contributed by atoms with E-state index >= 15 is 0 Å². The fourth-order valence-corrected chi connectivity index (χ4v) is 3.25. The van der Waals surface area contributed by atoms with Crippen molar-refractivity contribution in [1.29, 1.82) is 0 Å². The molecule has 0 atom stereocenters. The van der Waals surface area contributed by atoms with Crippen molar-refractivity contribution >= 4 is 44.8 Å². The Morgan fingerprint density at radius 3 is 2.54 bits per heavy atom. The maximum Gasteiger partial charge on any atom is 0.261 e. The summed E-state index contributed by atoms with van der Waals surface area (Å²) in [5.41, 5.74) is 0.508. The Bertz CT molecular complexity index is 921. The summed E-state index contributed by atoms with van der Waals surface area (Å²) in [7, 11) is -3.87. The summed E-state index contributed by atoms with van der Waals surface area (Å²) >= 11 is 11.6. The molecule has 2 aromatic rings. The van der Waals surface area contributed by atoms with Crippen LogP contribution >= 0.6 is 23.2 Å². The highest BCUT2D eigenvalue weighted by molar-refractivity contribution is 7.92. The van der Waals surface area contributed by atoms with Gasteiger partial charge in [-0.3, -0.25) is 9.52 Å². The molecular weight excluding hydrogens is 371 g/mol. The molecule has 2 rings (SSSR count). The summed E-state index contributed by atoms with van der Waals surface area (Å²) in [6, 6.07) is 9.99. The molecule has 8 heteroatoms. The van der Waals surface area contributed by atoms with E-state index in [1.165, 1.54) is 30.3 Å². The lowest BCUT2D eigenvalue weighted by Gasteiger charge is -2.10. The maximum absolute atomic E-state index is 12.4. The molecule has 124 valence electrons. The Balaban J connectivity index is 2.25. The molecule has 5 nitrogen and oxygen atoms in total. The molecule has 0 radical (unpaired) electrons. The summed E-state index contributed by atoms with van der Waals surface area (Å²) in [6.07, 6.45) is 5.08. The first kappa shape index (κ1) is 18.1. The predicted molar refractivity (Wildman–Crippen MR) is 94.9 cm³/mol. The van der Waals surface area contributed by atoms with E-state index in [0.29, 0.717) is 0 Å². The van der Waals surface area contributed by atoms with E-state index in [2.05, 4.69) is 16.0 Å². The topological polar surface area (TPSA) is 75.3 Å². The second kappa shape index (κ2) is 7.58. The average Bonchev–Trinajstić information content (AvgIpc) is 2.54. The van der Waals surface area contributed by atoms with Gasteiger partial charge >= 0.3 is 0 Å². The van der Waals surface area contributed by atoms with Crippen molar-refractivity contribution in [2.75, 3.05) is 11.3 Å². The van der Waals surface area contributed by atoms with Gasteiger partial charge in [0, 0.05) is 11.3 Å². The average molecular weight is 383 g/mol. The van der Waals surface area contributed by atoms with Crippen LogP contribution < -0.4 is 10.0 Å². The van der Waals surface area contributed by atoms with Gasteiger partial charge in [0.1, 0.15) is 0 Å². The summed E-state index contributed by atoms with van der Waals surface area (Å²) < 4.78 is 27.1. The molecule has 24 heavy (non-hydrogen) atoms. The number of rotatable bonds is 5. The van der Waals surface area contributed by atoms with Gasteiger partial charge in [0.15, 0.2) is 0 Å². The number of anilines is 1. The molecule has 0 aliphatic carbocycles. The van der Waals surface area contributed by atoms with Crippen LogP contribution in [-0.2, 0) is 10.0 Å². The van der Waals surface area contributed by atoms with E-state index in [9.17, 15) is 13.2 Å². The lowest BCUT2D eigenvalue weighted by Crippen LogP contribution is -2.23. The molecule has 0 aliphatic heterocycles. The molecule has 0 bridgehead atoms. The van der Waals surface area contributed by atoms with Crippen molar-refractivity contribution in [3.63, 3.8) is 0 Å². The fraction of sp³-hybridized carbons (Fsp3) is 0.0625. The third kappa shape index (κ3) is 4.42. The van der Waals surface area contributed by atoms with Gasteiger partial charge in [-0.25, -0.2) is 8.42 Å². The number of terminal acetylenes is 1. The van der Waals surface area contributed by atoms with Crippen LogP contribution in [0, 0.1) is 12.3 Å². The second-order valence-electron chi connectivity index (χ2n) is 4.65. The predicted octanol–water partition coefficient (Wildman–Crippen LogP) is 3.16. The molecule has 0 heterocycles. The Hall–Kier alpha value is -2.20. The zero-order chi connectivity index (χ0) is 17.7. The van der Waals surface area contributed by atoms with Gasteiger partial charge in [-0.15, -0.1) is 6.42 Å². The van der Waals surface area contributed by atoms with E-state index < -0.39 is 15.9 Å². The SMILES string of the molecule is C#CCNC(=O)c1cccc(NS(=O)(=O)c2ccc(Cl)c(Cl)c2)c1. The van der Waals surface area contributed by atoms with Crippen LogP contribution in [-0.4, -0.2) is 20.9 Å². The first-order chi connectivity index (χ1) is 11.3. The largest absolute Gasteiger partial charge is 0.341 e. The number of carbonyl (C=O) groups is 1. The molecule has 2 aromatic carbocycles. The van der Waals surface area contributed by atoms with Crippen LogP contribution in [0.2, 0.25) is 10.0 Å². The number of hydrogen-bond donors (Lipinski definition) is 2. The first-order valence-electron chi connectivity index (χ1n) is 6.63. The van der Waals surface area contributed by atoms with E-state index in [0.717, 1.165) is 0 Å². The molecular formula is C16H12Cl2N2O3S. The summed E-state index contributed by atoms with van der Waals surface area (Å²) in [5, 5.41) is 2.88. The first-order valence-corrected chi connectivity index (χ1v) is 8.87. The summed E-state index contributed by atoms with van der Waals surface area (Å²) in [5.74, 6) is 1.89. The number of carbonyl (C=O) groups excluding carboxylic acids is 1. The minimum Gasteiger partial charge on any atom is -0.341 e. The van der Waals surface area contributed by atoms with E-state index in [1.807, 2.05) is 0 Å². The Kier molecular flexibility index (Phi) is 5.73. The van der Waals surface area contributed by atoms with E-state index in [1.54, 1.807) is 12.1 Å². The number of sulfonamides is 1. The molecule has 0 spiro atoms. The highest BCUT2D eigenvalue weighted by atomic mass is 35.5. The zero-order valence-electron chi connectivity index (χ0n) is 12.2. The molecule has 0 saturated carbocycles. The van der Waals surface area contributed by atoms with Crippen molar-refractivity contribution in [2.45, 2.75) is 4.90 Å². The number of hydrogen-bond acceptors (Lipinski definition) is 3. The lowest BCUT2D eigenvalue weighted by atomic mass is 10.2. The standard InChI is InChI=1S/C16H12Cl2N2O3S/c1-2-8-19-16(21)11-4-3-5-12(9-11)20-24(22,23)13-6-7-14(17)15(18)10-13/h1,3-7,9-10,20H,8H2,(H,19,21). The molecule has 2 N–H and O–H groups in total. The molecule has 0 saturated heterocycles. The Morgan fingerprint density at radius 2 is 1.88 bits per heavy atom. The van der Waals surface area contributed by atoms with Gasteiger partial charge in [0.05, 0.1) is 21.5 Å². The van der Waals surface area contributed by atoms with Crippen LogP contribution in [0.15, 0.2) is 47.4 Å². The van der Waals surface area contributed by atoms with Crippen LogP contribution in [0.5, 0.6) is 0 Å². The maximum atomic E-state index is 12.4. The number of nitrogens with one attached hydrogen (secondary N) is 2. The minimum atomic E-state index is -3.87. The molecule has 0 aromatic heterocycles. The Labute approximate surface area is 150 Å². The normalized spacial score (nSPS) is 10.7. The molecule has 0 aliphatic rings. The second-order valence-corrected chi connectivity index (χ2v) is 7.15. The van der Waals surface area contributed by atoms with E-state index in [4.69, 9.17) is 29.6 Å². The number of amides is 1. The van der Waals surface area contributed by atoms with Crippen molar-refractivity contribution < 1.29 is 13.2 Å². The highest BCUT2D eigenvalue weighted by Gasteiger charge is 2.16. The van der Waals surface area contributed by atoms with Gasteiger partial charge in [0.25, 0.3) is 15.9 Å². The van der Waals surface area contributed by atoms with Gasteiger partial charge < -0.3 is 5.32 Å². The smallest absolute Gasteiger partial charge is 0.261 e. The van der Waals surface area contributed by atoms with Gasteiger partial charge in [-0.1, -0.05) is 35.2 Å².